The SMILES string of the molecule is COC(=O)[C@H](Cc1cccc(F)c1)NC(=O)c1cccc(NC(C)=O)c1. The van der Waals surface area contributed by atoms with E-state index in [0.717, 1.165) is 0 Å². The van der Waals surface area contributed by atoms with Crippen LogP contribution in [0.5, 0.6) is 0 Å². The average molecular weight is 358 g/mol. The quantitative estimate of drug-likeness (QED) is 0.776. The first-order chi connectivity index (χ1) is 12.4. The molecule has 0 fully saturated rings. The van der Waals surface area contributed by atoms with Gasteiger partial charge >= 0.3 is 5.97 Å². The van der Waals surface area contributed by atoms with E-state index in [1.165, 1.54) is 38.3 Å². The van der Waals surface area contributed by atoms with Gasteiger partial charge in [-0.15, -0.1) is 0 Å². The fraction of sp³-hybridized carbons (Fsp3) is 0.211. The van der Waals surface area contributed by atoms with Crippen LogP contribution in [0.3, 0.4) is 0 Å². The molecule has 0 unspecified atom stereocenters. The highest BCUT2D eigenvalue weighted by Crippen LogP contribution is 2.12. The predicted molar refractivity (Wildman–Crippen MR) is 94.1 cm³/mol. The molecule has 0 bridgehead atoms. The molecule has 0 aliphatic carbocycles. The van der Waals surface area contributed by atoms with Crippen LogP contribution in [0.2, 0.25) is 0 Å². The van der Waals surface area contributed by atoms with E-state index in [1.807, 2.05) is 0 Å². The Bertz CT molecular complexity index is 823. The van der Waals surface area contributed by atoms with Gasteiger partial charge in [-0.3, -0.25) is 9.59 Å². The van der Waals surface area contributed by atoms with E-state index in [0.29, 0.717) is 11.3 Å². The Morgan fingerprint density at radius 1 is 1.12 bits per heavy atom. The lowest BCUT2D eigenvalue weighted by Gasteiger charge is -2.17. The molecule has 2 amide bonds. The van der Waals surface area contributed by atoms with Crippen LogP contribution in [0, 0.1) is 5.82 Å². The van der Waals surface area contributed by atoms with Crippen molar-refractivity contribution in [1.29, 1.82) is 0 Å². The van der Waals surface area contributed by atoms with E-state index in [9.17, 15) is 18.8 Å². The fourth-order valence-electron chi connectivity index (χ4n) is 2.42. The van der Waals surface area contributed by atoms with Crippen molar-refractivity contribution >= 4 is 23.5 Å². The first kappa shape index (κ1) is 19.1. The summed E-state index contributed by atoms with van der Waals surface area (Å²) in [6.45, 7) is 1.36. The number of nitrogens with one attached hydrogen (secondary N) is 2. The minimum Gasteiger partial charge on any atom is -0.467 e. The summed E-state index contributed by atoms with van der Waals surface area (Å²) in [5.74, 6) is -1.84. The van der Waals surface area contributed by atoms with Crippen LogP contribution in [0.1, 0.15) is 22.8 Å². The summed E-state index contributed by atoms with van der Waals surface area (Å²) in [4.78, 5) is 35.6. The molecule has 0 saturated carbocycles. The second kappa shape index (κ2) is 8.75. The van der Waals surface area contributed by atoms with Gasteiger partial charge in [0.25, 0.3) is 5.91 Å². The highest BCUT2D eigenvalue weighted by atomic mass is 19.1. The number of hydrogen-bond acceptors (Lipinski definition) is 4. The molecule has 2 N–H and O–H groups in total. The number of benzene rings is 2. The van der Waals surface area contributed by atoms with E-state index in [4.69, 9.17) is 4.74 Å². The maximum Gasteiger partial charge on any atom is 0.328 e. The Labute approximate surface area is 150 Å². The number of carbonyl (C=O) groups is 3. The predicted octanol–water partition coefficient (Wildman–Crippen LogP) is 2.30. The Morgan fingerprint density at radius 2 is 1.85 bits per heavy atom. The Morgan fingerprint density at radius 3 is 2.50 bits per heavy atom. The number of esters is 1. The highest BCUT2D eigenvalue weighted by molar-refractivity contribution is 5.98. The van der Waals surface area contributed by atoms with Crippen LogP contribution in [0.4, 0.5) is 10.1 Å². The third-order valence-electron chi connectivity index (χ3n) is 3.57. The molecule has 26 heavy (non-hydrogen) atoms. The standard InChI is InChI=1S/C19H19FN2O4/c1-12(23)21-16-8-4-6-14(11-16)18(24)22-17(19(25)26-2)10-13-5-3-7-15(20)9-13/h3-9,11,17H,10H2,1-2H3,(H,21,23)(H,22,24)/t17-/m0/s1. The van der Waals surface area contributed by atoms with Crippen LogP contribution in [-0.4, -0.2) is 30.9 Å². The number of amides is 2. The molecule has 6 nitrogen and oxygen atoms in total. The molecule has 0 aromatic heterocycles. The van der Waals surface area contributed by atoms with Gasteiger partial charge in [0, 0.05) is 24.6 Å². The molecule has 1 atom stereocenters. The van der Waals surface area contributed by atoms with Gasteiger partial charge in [-0.25, -0.2) is 9.18 Å². The molecule has 2 aromatic carbocycles. The second-order valence-corrected chi connectivity index (χ2v) is 5.65. The molecule has 2 rings (SSSR count). The lowest BCUT2D eigenvalue weighted by atomic mass is 10.0. The third-order valence-corrected chi connectivity index (χ3v) is 3.57. The number of carbonyl (C=O) groups excluding carboxylic acids is 3. The van der Waals surface area contributed by atoms with Crippen LogP contribution in [0.15, 0.2) is 48.5 Å². The minimum absolute atomic E-state index is 0.0849. The van der Waals surface area contributed by atoms with Gasteiger partial charge in [-0.05, 0) is 35.9 Å². The molecule has 7 heteroatoms. The van der Waals surface area contributed by atoms with Crippen molar-refractivity contribution in [3.63, 3.8) is 0 Å². The van der Waals surface area contributed by atoms with E-state index < -0.39 is 23.7 Å². The van der Waals surface area contributed by atoms with E-state index >= 15 is 0 Å². The number of halogens is 1. The molecule has 0 radical (unpaired) electrons. The van der Waals surface area contributed by atoms with Gasteiger partial charge in [0.05, 0.1) is 7.11 Å². The lowest BCUT2D eigenvalue weighted by Crippen LogP contribution is -2.43. The van der Waals surface area contributed by atoms with Gasteiger partial charge in [0.15, 0.2) is 0 Å². The summed E-state index contributed by atoms with van der Waals surface area (Å²) < 4.78 is 18.1. The number of methoxy groups -OCH3 is 1. The third kappa shape index (κ3) is 5.41. The van der Waals surface area contributed by atoms with Gasteiger partial charge in [-0.1, -0.05) is 18.2 Å². The molecular weight excluding hydrogens is 339 g/mol. The average Bonchev–Trinajstić information content (AvgIpc) is 2.60. The fourth-order valence-corrected chi connectivity index (χ4v) is 2.42. The van der Waals surface area contributed by atoms with Crippen molar-refractivity contribution in [2.45, 2.75) is 19.4 Å². The van der Waals surface area contributed by atoms with Gasteiger partial charge in [0.2, 0.25) is 5.91 Å². The zero-order valence-electron chi connectivity index (χ0n) is 14.4. The van der Waals surface area contributed by atoms with Crippen LogP contribution in [-0.2, 0) is 20.7 Å². The van der Waals surface area contributed by atoms with Crippen molar-refractivity contribution in [3.8, 4) is 0 Å². The largest absolute Gasteiger partial charge is 0.467 e. The topological polar surface area (TPSA) is 84.5 Å². The molecule has 2 aromatic rings. The minimum atomic E-state index is -0.973. The molecule has 0 aliphatic heterocycles. The first-order valence-electron chi connectivity index (χ1n) is 7.90. The van der Waals surface area contributed by atoms with Gasteiger partial charge in [0.1, 0.15) is 11.9 Å². The monoisotopic (exact) mass is 358 g/mol. The van der Waals surface area contributed by atoms with Crippen molar-refractivity contribution in [2.24, 2.45) is 0 Å². The van der Waals surface area contributed by atoms with Crippen molar-refractivity contribution in [2.75, 3.05) is 12.4 Å². The highest BCUT2D eigenvalue weighted by Gasteiger charge is 2.23. The van der Waals surface area contributed by atoms with Crippen molar-refractivity contribution in [1.82, 2.24) is 5.32 Å². The summed E-state index contributed by atoms with van der Waals surface area (Å²) in [6, 6.07) is 11.1. The molecule has 0 saturated heterocycles. The van der Waals surface area contributed by atoms with E-state index in [-0.39, 0.29) is 17.9 Å². The number of hydrogen-bond donors (Lipinski definition) is 2. The van der Waals surface area contributed by atoms with Gasteiger partial charge < -0.3 is 15.4 Å². The molecule has 0 aliphatic rings. The smallest absolute Gasteiger partial charge is 0.328 e. The number of anilines is 1. The summed E-state index contributed by atoms with van der Waals surface area (Å²) in [5, 5.41) is 5.16. The van der Waals surface area contributed by atoms with Crippen LogP contribution < -0.4 is 10.6 Å². The van der Waals surface area contributed by atoms with E-state index in [2.05, 4.69) is 10.6 Å². The molecule has 0 spiro atoms. The Balaban J connectivity index is 2.16. The van der Waals surface area contributed by atoms with E-state index in [1.54, 1.807) is 24.3 Å². The molecular formula is C19H19FN2O4. The van der Waals surface area contributed by atoms with Crippen LogP contribution in [0.25, 0.3) is 0 Å². The summed E-state index contributed by atoms with van der Waals surface area (Å²) in [7, 11) is 1.21. The zero-order chi connectivity index (χ0) is 19.1. The lowest BCUT2D eigenvalue weighted by molar-refractivity contribution is -0.142. The molecule has 136 valence electrons. The summed E-state index contributed by atoms with van der Waals surface area (Å²) >= 11 is 0. The van der Waals surface area contributed by atoms with Gasteiger partial charge in [-0.2, -0.15) is 0 Å². The zero-order valence-corrected chi connectivity index (χ0v) is 14.4. The summed E-state index contributed by atoms with van der Waals surface area (Å²) in [6.07, 6.45) is 0.0849. The first-order valence-corrected chi connectivity index (χ1v) is 7.90. The number of ether oxygens (including phenoxy) is 1. The maximum absolute atomic E-state index is 13.3. The second-order valence-electron chi connectivity index (χ2n) is 5.65. The normalized spacial score (nSPS) is 11.3. The van der Waals surface area contributed by atoms with Crippen LogP contribution >= 0.6 is 0 Å². The van der Waals surface area contributed by atoms with Crippen molar-refractivity contribution in [3.05, 3.63) is 65.5 Å². The Hall–Kier alpha value is -3.22. The maximum atomic E-state index is 13.3. The molecule has 0 heterocycles. The Kier molecular flexibility index (Phi) is 6.43. The number of rotatable bonds is 6. The summed E-state index contributed by atoms with van der Waals surface area (Å²) in [5.41, 5.74) is 1.28. The van der Waals surface area contributed by atoms with Crippen molar-refractivity contribution < 1.29 is 23.5 Å².